The molecule has 0 unspecified atom stereocenters. The van der Waals surface area contributed by atoms with Crippen LogP contribution in [0.2, 0.25) is 0 Å². The van der Waals surface area contributed by atoms with Gasteiger partial charge in [-0.15, -0.1) is 11.3 Å². The maximum Gasteiger partial charge on any atom is 0.230 e. The standard InChI is InChI=1S/C14H20N2O3S2/c1-8-6-20-14(15-8)21-7-11(17)16-12-9-3-4-19-13(9)10(12)5-18-2/h6,9-10,12-13H,3-5,7H2,1-2H3,(H,16,17)/t9-,10-,12-,13-/m0/s1. The summed E-state index contributed by atoms with van der Waals surface area (Å²) in [4.78, 5) is 16.5. The van der Waals surface area contributed by atoms with Crippen LogP contribution in [0.3, 0.4) is 0 Å². The Balaban J connectivity index is 1.49. The SMILES string of the molecule is COC[C@H]1[C@@H](NC(=O)CSc2nc(C)cs2)[C@@H]2CCO[C@@H]21. The Hall–Kier alpha value is -0.630. The highest BCUT2D eigenvalue weighted by molar-refractivity contribution is 8.01. The van der Waals surface area contributed by atoms with Crippen molar-refractivity contribution in [3.05, 3.63) is 11.1 Å². The third-order valence-electron chi connectivity index (χ3n) is 4.14. The third-order valence-corrected chi connectivity index (χ3v) is 6.28. The van der Waals surface area contributed by atoms with Crippen LogP contribution in [-0.2, 0) is 14.3 Å². The summed E-state index contributed by atoms with van der Waals surface area (Å²) in [6, 6.07) is 0.198. The maximum absolute atomic E-state index is 12.1. The first-order chi connectivity index (χ1) is 10.2. The van der Waals surface area contributed by atoms with E-state index in [0.29, 0.717) is 24.2 Å². The molecule has 0 spiro atoms. The van der Waals surface area contributed by atoms with Crippen LogP contribution in [0.25, 0.3) is 0 Å². The quantitative estimate of drug-likeness (QED) is 0.806. The van der Waals surface area contributed by atoms with Crippen molar-refractivity contribution in [3.8, 4) is 0 Å². The van der Waals surface area contributed by atoms with Gasteiger partial charge < -0.3 is 14.8 Å². The summed E-state index contributed by atoms with van der Waals surface area (Å²) in [5.41, 5.74) is 1.01. The molecule has 1 amide bonds. The average molecular weight is 328 g/mol. The van der Waals surface area contributed by atoms with Crippen LogP contribution in [0.15, 0.2) is 9.72 Å². The molecule has 0 aromatic carbocycles. The fourth-order valence-electron chi connectivity index (χ4n) is 3.19. The summed E-state index contributed by atoms with van der Waals surface area (Å²) in [6.45, 7) is 3.41. The summed E-state index contributed by atoms with van der Waals surface area (Å²) < 4.78 is 11.9. The molecule has 1 aromatic heterocycles. The molecule has 2 heterocycles. The molecule has 1 N–H and O–H groups in total. The maximum atomic E-state index is 12.1. The van der Waals surface area contributed by atoms with Crippen LogP contribution in [0.5, 0.6) is 0 Å². The van der Waals surface area contributed by atoms with Crippen LogP contribution in [0.4, 0.5) is 0 Å². The second kappa shape index (κ2) is 6.64. The van der Waals surface area contributed by atoms with Crippen LogP contribution in [0, 0.1) is 18.8 Å². The van der Waals surface area contributed by atoms with Crippen LogP contribution >= 0.6 is 23.1 Å². The van der Waals surface area contributed by atoms with Crippen molar-refractivity contribution in [2.24, 2.45) is 11.8 Å². The number of amides is 1. The average Bonchev–Trinajstić information content (AvgIpc) is 3.07. The molecule has 5 nitrogen and oxygen atoms in total. The van der Waals surface area contributed by atoms with Crippen molar-refractivity contribution in [1.29, 1.82) is 0 Å². The van der Waals surface area contributed by atoms with Crippen LogP contribution in [0.1, 0.15) is 12.1 Å². The summed E-state index contributed by atoms with van der Waals surface area (Å²) in [6.07, 6.45) is 1.30. The molecule has 2 aliphatic rings. The van der Waals surface area contributed by atoms with Crippen molar-refractivity contribution < 1.29 is 14.3 Å². The number of thiazole rings is 1. The molecular weight excluding hydrogens is 308 g/mol. The van der Waals surface area contributed by atoms with E-state index in [4.69, 9.17) is 9.47 Å². The van der Waals surface area contributed by atoms with Crippen molar-refractivity contribution >= 4 is 29.0 Å². The lowest BCUT2D eigenvalue weighted by Crippen LogP contribution is -2.63. The van der Waals surface area contributed by atoms with Crippen LogP contribution < -0.4 is 5.32 Å². The molecule has 1 aliphatic carbocycles. The van der Waals surface area contributed by atoms with Crippen molar-refractivity contribution in [2.75, 3.05) is 26.1 Å². The lowest BCUT2D eigenvalue weighted by atomic mass is 9.67. The molecule has 1 saturated heterocycles. The van der Waals surface area contributed by atoms with Crippen molar-refractivity contribution in [2.45, 2.75) is 29.8 Å². The van der Waals surface area contributed by atoms with E-state index in [1.165, 1.54) is 11.8 Å². The Morgan fingerprint density at radius 2 is 2.52 bits per heavy atom. The fourth-order valence-corrected chi connectivity index (χ4v) is 4.85. The lowest BCUT2D eigenvalue weighted by molar-refractivity contribution is -0.127. The van der Waals surface area contributed by atoms with E-state index in [9.17, 15) is 4.79 Å². The minimum Gasteiger partial charge on any atom is -0.384 e. The number of ether oxygens (including phenoxy) is 2. The highest BCUT2D eigenvalue weighted by Crippen LogP contribution is 2.43. The molecule has 4 atom stereocenters. The van der Waals surface area contributed by atoms with Gasteiger partial charge in [0.05, 0.1) is 18.5 Å². The van der Waals surface area contributed by atoms with Gasteiger partial charge in [0.2, 0.25) is 5.91 Å². The summed E-state index contributed by atoms with van der Waals surface area (Å²) in [7, 11) is 1.70. The van der Waals surface area contributed by atoms with E-state index in [-0.39, 0.29) is 18.1 Å². The van der Waals surface area contributed by atoms with E-state index >= 15 is 0 Å². The van der Waals surface area contributed by atoms with Crippen LogP contribution in [-0.4, -0.2) is 49.1 Å². The Morgan fingerprint density at radius 3 is 3.24 bits per heavy atom. The molecule has 1 aromatic rings. The third kappa shape index (κ3) is 3.26. The number of thioether (sulfide) groups is 1. The number of methoxy groups -OCH3 is 1. The summed E-state index contributed by atoms with van der Waals surface area (Å²) in [5.74, 6) is 1.24. The number of hydrogen-bond donors (Lipinski definition) is 1. The molecule has 0 bridgehead atoms. The molecule has 21 heavy (non-hydrogen) atoms. The number of rotatable bonds is 6. The van der Waals surface area contributed by atoms with Gasteiger partial charge in [-0.05, 0) is 13.3 Å². The predicted molar refractivity (Wildman–Crippen MR) is 82.7 cm³/mol. The molecule has 2 fully saturated rings. The van der Waals surface area contributed by atoms with Gasteiger partial charge in [-0.25, -0.2) is 4.98 Å². The normalized spacial score (nSPS) is 30.8. The Labute approximate surface area is 132 Å². The van der Waals surface area contributed by atoms with Crippen molar-refractivity contribution in [1.82, 2.24) is 10.3 Å². The van der Waals surface area contributed by atoms with E-state index in [1.807, 2.05) is 12.3 Å². The number of nitrogens with zero attached hydrogens (tertiary/aromatic N) is 1. The zero-order valence-corrected chi connectivity index (χ0v) is 13.8. The van der Waals surface area contributed by atoms with Gasteiger partial charge in [-0.1, -0.05) is 11.8 Å². The van der Waals surface area contributed by atoms with E-state index < -0.39 is 0 Å². The molecule has 0 radical (unpaired) electrons. The van der Waals surface area contributed by atoms with E-state index in [2.05, 4.69) is 10.3 Å². The number of aromatic nitrogens is 1. The van der Waals surface area contributed by atoms with Crippen molar-refractivity contribution in [3.63, 3.8) is 0 Å². The molecular formula is C14H20N2O3S2. The van der Waals surface area contributed by atoms with E-state index in [1.54, 1.807) is 18.4 Å². The monoisotopic (exact) mass is 328 g/mol. The number of carbonyl (C=O) groups excluding carboxylic acids is 1. The minimum absolute atomic E-state index is 0.0734. The molecule has 3 rings (SSSR count). The van der Waals surface area contributed by atoms with Gasteiger partial charge in [-0.3, -0.25) is 4.79 Å². The number of fused-ring (bicyclic) bond motifs is 1. The Kier molecular flexibility index (Phi) is 4.83. The zero-order valence-electron chi connectivity index (χ0n) is 12.2. The highest BCUT2D eigenvalue weighted by atomic mass is 32.2. The first-order valence-corrected chi connectivity index (χ1v) is 9.00. The van der Waals surface area contributed by atoms with Gasteiger partial charge in [0.25, 0.3) is 0 Å². The zero-order chi connectivity index (χ0) is 14.8. The second-order valence-electron chi connectivity index (χ2n) is 5.54. The highest BCUT2D eigenvalue weighted by Gasteiger charge is 2.54. The van der Waals surface area contributed by atoms with Gasteiger partial charge in [0.15, 0.2) is 4.34 Å². The number of carbonyl (C=O) groups is 1. The molecule has 1 aliphatic heterocycles. The smallest absolute Gasteiger partial charge is 0.230 e. The first kappa shape index (κ1) is 15.3. The van der Waals surface area contributed by atoms with Gasteiger partial charge in [0.1, 0.15) is 0 Å². The first-order valence-electron chi connectivity index (χ1n) is 7.14. The Bertz CT molecular complexity index is 508. The fraction of sp³-hybridized carbons (Fsp3) is 0.714. The Morgan fingerprint density at radius 1 is 1.67 bits per heavy atom. The number of hydrogen-bond acceptors (Lipinski definition) is 6. The summed E-state index contributed by atoms with van der Waals surface area (Å²) >= 11 is 3.08. The molecule has 1 saturated carbocycles. The minimum atomic E-state index is 0.0734. The van der Waals surface area contributed by atoms with E-state index in [0.717, 1.165) is 23.1 Å². The number of aryl methyl sites for hydroxylation is 1. The predicted octanol–water partition coefficient (Wildman–Crippen LogP) is 1.71. The summed E-state index contributed by atoms with van der Waals surface area (Å²) in [5, 5.41) is 5.16. The van der Waals surface area contributed by atoms with Gasteiger partial charge >= 0.3 is 0 Å². The topological polar surface area (TPSA) is 60.5 Å². The van der Waals surface area contributed by atoms with Gasteiger partial charge in [-0.2, -0.15) is 0 Å². The second-order valence-corrected chi connectivity index (χ2v) is 7.62. The number of nitrogens with one attached hydrogen (secondary N) is 1. The largest absolute Gasteiger partial charge is 0.384 e. The molecule has 7 heteroatoms. The molecule has 116 valence electrons. The lowest BCUT2D eigenvalue weighted by Gasteiger charge is -2.47. The van der Waals surface area contributed by atoms with Gasteiger partial charge in [0, 0.05) is 42.7 Å².